The van der Waals surface area contributed by atoms with Crippen LogP contribution in [-0.2, 0) is 11.3 Å². The number of halogens is 1. The van der Waals surface area contributed by atoms with E-state index in [2.05, 4.69) is 10.2 Å². The van der Waals surface area contributed by atoms with Crippen LogP contribution in [0.25, 0.3) is 0 Å². The van der Waals surface area contributed by atoms with Gasteiger partial charge in [0.05, 0.1) is 12.7 Å². The van der Waals surface area contributed by atoms with Gasteiger partial charge in [-0.15, -0.1) is 0 Å². The highest BCUT2D eigenvalue weighted by atomic mass is 19.1. The van der Waals surface area contributed by atoms with Crippen molar-refractivity contribution in [3.63, 3.8) is 0 Å². The predicted octanol–water partition coefficient (Wildman–Crippen LogP) is 3.01. The van der Waals surface area contributed by atoms with E-state index in [1.54, 1.807) is 12.1 Å². The van der Waals surface area contributed by atoms with Crippen LogP contribution in [0.15, 0.2) is 48.5 Å². The summed E-state index contributed by atoms with van der Waals surface area (Å²) < 4.78 is 17.7. The maximum Gasteiger partial charge on any atom is 0.337 e. The zero-order chi connectivity index (χ0) is 19.2. The fourth-order valence-corrected chi connectivity index (χ4v) is 3.23. The quantitative estimate of drug-likeness (QED) is 0.822. The molecule has 0 radical (unpaired) electrons. The van der Waals surface area contributed by atoms with Gasteiger partial charge in [0.1, 0.15) is 5.82 Å². The van der Waals surface area contributed by atoms with Gasteiger partial charge in [-0.05, 0) is 54.8 Å². The van der Waals surface area contributed by atoms with Gasteiger partial charge >= 0.3 is 5.97 Å². The number of hydrogen-bond acceptors (Lipinski definition) is 4. The zero-order valence-electron chi connectivity index (χ0n) is 15.3. The van der Waals surface area contributed by atoms with E-state index in [1.165, 1.54) is 31.4 Å². The minimum atomic E-state index is -0.348. The molecule has 1 fully saturated rings. The van der Waals surface area contributed by atoms with Gasteiger partial charge in [0.2, 0.25) is 0 Å². The van der Waals surface area contributed by atoms with Crippen LogP contribution in [0.1, 0.15) is 39.1 Å². The topological polar surface area (TPSA) is 58.6 Å². The molecule has 0 spiro atoms. The maximum absolute atomic E-state index is 13.0. The second kappa shape index (κ2) is 8.77. The number of hydrogen-bond donors (Lipinski definition) is 1. The van der Waals surface area contributed by atoms with E-state index in [0.717, 1.165) is 38.0 Å². The Balaban J connectivity index is 1.46. The van der Waals surface area contributed by atoms with Gasteiger partial charge in [0.15, 0.2) is 0 Å². The largest absolute Gasteiger partial charge is 0.465 e. The molecular weight excluding hydrogens is 347 g/mol. The molecule has 0 atom stereocenters. The number of nitrogens with one attached hydrogen (secondary N) is 1. The fourth-order valence-electron chi connectivity index (χ4n) is 3.23. The van der Waals surface area contributed by atoms with Crippen molar-refractivity contribution in [1.82, 2.24) is 10.2 Å². The summed E-state index contributed by atoms with van der Waals surface area (Å²) >= 11 is 0. The SMILES string of the molecule is COC(=O)c1ccc(CN2CCC(NC(=O)c3ccc(F)cc3)CC2)cc1. The first-order valence-electron chi connectivity index (χ1n) is 9.01. The van der Waals surface area contributed by atoms with E-state index in [-0.39, 0.29) is 23.7 Å². The number of piperidine rings is 1. The Labute approximate surface area is 158 Å². The molecule has 3 rings (SSSR count). The third kappa shape index (κ3) is 5.14. The normalized spacial score (nSPS) is 15.3. The number of methoxy groups -OCH3 is 1. The van der Waals surface area contributed by atoms with Gasteiger partial charge in [-0.25, -0.2) is 9.18 Å². The average Bonchev–Trinajstić information content (AvgIpc) is 2.70. The van der Waals surface area contributed by atoms with E-state index < -0.39 is 0 Å². The fraction of sp³-hybridized carbons (Fsp3) is 0.333. The van der Waals surface area contributed by atoms with E-state index >= 15 is 0 Å². The van der Waals surface area contributed by atoms with Crippen LogP contribution in [0.3, 0.4) is 0 Å². The molecule has 0 unspecified atom stereocenters. The van der Waals surface area contributed by atoms with Crippen LogP contribution >= 0.6 is 0 Å². The number of benzene rings is 2. The van der Waals surface area contributed by atoms with Crippen molar-refractivity contribution in [2.24, 2.45) is 0 Å². The molecule has 5 nitrogen and oxygen atoms in total. The molecule has 0 bridgehead atoms. The smallest absolute Gasteiger partial charge is 0.337 e. The molecule has 1 saturated heterocycles. The lowest BCUT2D eigenvalue weighted by atomic mass is 10.0. The molecule has 1 heterocycles. The Bertz CT molecular complexity index is 782. The standard InChI is InChI=1S/C21H23FN2O3/c1-27-21(26)17-4-2-15(3-5-17)14-24-12-10-19(11-13-24)23-20(25)16-6-8-18(22)9-7-16/h2-9,19H,10-14H2,1H3,(H,23,25). The van der Waals surface area contributed by atoms with Gasteiger partial charge in [0, 0.05) is 31.2 Å². The van der Waals surface area contributed by atoms with Crippen LogP contribution in [-0.4, -0.2) is 43.0 Å². The number of carbonyl (C=O) groups is 2. The summed E-state index contributed by atoms with van der Waals surface area (Å²) in [4.78, 5) is 26.0. The van der Waals surface area contributed by atoms with Gasteiger partial charge in [-0.3, -0.25) is 9.69 Å². The number of rotatable bonds is 5. The minimum absolute atomic E-state index is 0.125. The average molecular weight is 370 g/mol. The molecular formula is C21H23FN2O3. The van der Waals surface area contributed by atoms with E-state index in [0.29, 0.717) is 11.1 Å². The summed E-state index contributed by atoms with van der Waals surface area (Å²) in [5.41, 5.74) is 2.16. The molecule has 1 amide bonds. The van der Waals surface area contributed by atoms with Crippen molar-refractivity contribution in [2.45, 2.75) is 25.4 Å². The van der Waals surface area contributed by atoms with Crippen molar-refractivity contribution >= 4 is 11.9 Å². The predicted molar refractivity (Wildman–Crippen MR) is 99.9 cm³/mol. The Morgan fingerprint density at radius 3 is 2.22 bits per heavy atom. The monoisotopic (exact) mass is 370 g/mol. The van der Waals surface area contributed by atoms with Crippen molar-refractivity contribution in [2.75, 3.05) is 20.2 Å². The van der Waals surface area contributed by atoms with Crippen LogP contribution in [0.2, 0.25) is 0 Å². The molecule has 0 aromatic heterocycles. The molecule has 0 aliphatic carbocycles. The molecule has 6 heteroatoms. The Kier molecular flexibility index (Phi) is 6.19. The lowest BCUT2D eigenvalue weighted by Gasteiger charge is -2.32. The molecule has 1 N–H and O–H groups in total. The summed E-state index contributed by atoms with van der Waals surface area (Å²) in [6, 6.07) is 13.1. The molecule has 0 saturated carbocycles. The number of nitrogens with zero attached hydrogens (tertiary/aromatic N) is 1. The number of likely N-dealkylation sites (tertiary alicyclic amines) is 1. The molecule has 1 aliphatic rings. The highest BCUT2D eigenvalue weighted by Gasteiger charge is 2.21. The second-order valence-electron chi connectivity index (χ2n) is 6.72. The van der Waals surface area contributed by atoms with Gasteiger partial charge < -0.3 is 10.1 Å². The van der Waals surface area contributed by atoms with Crippen LogP contribution in [0, 0.1) is 5.82 Å². The lowest BCUT2D eigenvalue weighted by Crippen LogP contribution is -2.44. The van der Waals surface area contributed by atoms with Crippen LogP contribution in [0.4, 0.5) is 4.39 Å². The second-order valence-corrected chi connectivity index (χ2v) is 6.72. The van der Waals surface area contributed by atoms with E-state index in [4.69, 9.17) is 4.74 Å². The summed E-state index contributed by atoms with van der Waals surface area (Å²) in [5.74, 6) is -0.842. The molecule has 1 aliphatic heterocycles. The van der Waals surface area contributed by atoms with Gasteiger partial charge in [-0.2, -0.15) is 0 Å². The number of amides is 1. The van der Waals surface area contributed by atoms with Crippen molar-refractivity contribution in [1.29, 1.82) is 0 Å². The van der Waals surface area contributed by atoms with Gasteiger partial charge in [-0.1, -0.05) is 12.1 Å². The Morgan fingerprint density at radius 2 is 1.63 bits per heavy atom. The first-order chi connectivity index (χ1) is 13.0. The summed E-state index contributed by atoms with van der Waals surface area (Å²) in [6.07, 6.45) is 1.74. The van der Waals surface area contributed by atoms with Crippen LogP contribution in [0.5, 0.6) is 0 Å². The molecule has 2 aromatic rings. The maximum atomic E-state index is 13.0. The molecule has 27 heavy (non-hydrogen) atoms. The highest BCUT2D eigenvalue weighted by molar-refractivity contribution is 5.94. The van der Waals surface area contributed by atoms with E-state index in [1.807, 2.05) is 12.1 Å². The molecule has 2 aromatic carbocycles. The van der Waals surface area contributed by atoms with Crippen molar-refractivity contribution in [3.05, 3.63) is 71.0 Å². The third-order valence-corrected chi connectivity index (χ3v) is 4.81. The van der Waals surface area contributed by atoms with Crippen LogP contribution < -0.4 is 5.32 Å². The minimum Gasteiger partial charge on any atom is -0.465 e. The lowest BCUT2D eigenvalue weighted by molar-refractivity contribution is 0.0600. The third-order valence-electron chi connectivity index (χ3n) is 4.81. The number of carbonyl (C=O) groups excluding carboxylic acids is 2. The first kappa shape index (κ1) is 19.0. The summed E-state index contributed by atoms with van der Waals surface area (Å²) in [7, 11) is 1.37. The number of ether oxygens (including phenoxy) is 1. The summed E-state index contributed by atoms with van der Waals surface area (Å²) in [5, 5.41) is 3.03. The number of esters is 1. The van der Waals surface area contributed by atoms with E-state index in [9.17, 15) is 14.0 Å². The Hall–Kier alpha value is -2.73. The van der Waals surface area contributed by atoms with Crippen molar-refractivity contribution in [3.8, 4) is 0 Å². The van der Waals surface area contributed by atoms with Gasteiger partial charge in [0.25, 0.3) is 5.91 Å². The Morgan fingerprint density at radius 1 is 1.04 bits per heavy atom. The molecule has 142 valence electrons. The zero-order valence-corrected chi connectivity index (χ0v) is 15.3. The summed E-state index contributed by atoms with van der Waals surface area (Å²) in [6.45, 7) is 2.57. The first-order valence-corrected chi connectivity index (χ1v) is 9.01. The van der Waals surface area contributed by atoms with Crippen molar-refractivity contribution < 1.29 is 18.7 Å². The highest BCUT2D eigenvalue weighted by Crippen LogP contribution is 2.15.